The first-order valence-corrected chi connectivity index (χ1v) is 16.1. The third-order valence-corrected chi connectivity index (χ3v) is 11.9. The van der Waals surface area contributed by atoms with Gasteiger partial charge in [0.15, 0.2) is 11.5 Å². The van der Waals surface area contributed by atoms with Crippen LogP contribution in [-0.2, 0) is 29.7 Å². The summed E-state index contributed by atoms with van der Waals surface area (Å²) in [7, 11) is 1.76. The molecule has 5 heteroatoms. The van der Waals surface area contributed by atoms with Crippen LogP contribution in [-0.4, -0.2) is 47.5 Å². The van der Waals surface area contributed by atoms with Crippen molar-refractivity contribution in [2.75, 3.05) is 13.7 Å². The minimum Gasteiger partial charge on any atom is -0.485 e. The fourth-order valence-corrected chi connectivity index (χ4v) is 9.16. The SMILES string of the molecule is C#C[C@]12C[C@@H]([C@](C)(O)C(C)(C)C)C(OC)[C@@H]3Oc4c(OCc5ccccc5)ccc5c4[C@@]31CCN(Cc1ccccc1)[C@@H]2C5. The van der Waals surface area contributed by atoms with Crippen LogP contribution in [0, 0.1) is 29.1 Å². The molecule has 2 heterocycles. The number of aliphatic hydroxyl groups is 1. The van der Waals surface area contributed by atoms with Crippen LogP contribution in [0.1, 0.15) is 62.8 Å². The number of terminal acetylenes is 1. The van der Waals surface area contributed by atoms with E-state index in [2.05, 4.69) is 86.2 Å². The monoisotopic (exact) mass is 591 g/mol. The highest BCUT2D eigenvalue weighted by Gasteiger charge is 2.76. The van der Waals surface area contributed by atoms with E-state index in [0.717, 1.165) is 43.0 Å². The van der Waals surface area contributed by atoms with Crippen molar-refractivity contribution in [1.82, 2.24) is 4.90 Å². The number of ether oxygens (including phenoxy) is 3. The first kappa shape index (κ1) is 29.4. The second-order valence-corrected chi connectivity index (χ2v) is 14.7. The summed E-state index contributed by atoms with van der Waals surface area (Å²) < 4.78 is 20.0. The van der Waals surface area contributed by atoms with Crippen LogP contribution in [0.4, 0.5) is 0 Å². The lowest BCUT2D eigenvalue weighted by Gasteiger charge is -2.67. The lowest BCUT2D eigenvalue weighted by Crippen LogP contribution is -2.76. The van der Waals surface area contributed by atoms with Crippen molar-refractivity contribution in [3.63, 3.8) is 0 Å². The van der Waals surface area contributed by atoms with Gasteiger partial charge in [-0.2, -0.15) is 0 Å². The smallest absolute Gasteiger partial charge is 0.166 e. The van der Waals surface area contributed by atoms with Crippen molar-refractivity contribution in [2.24, 2.45) is 16.7 Å². The molecule has 2 aliphatic carbocycles. The number of benzene rings is 3. The molecule has 0 radical (unpaired) electrons. The molecule has 3 aromatic carbocycles. The molecular weight excluding hydrogens is 546 g/mol. The number of rotatable bonds is 7. The molecule has 0 aromatic heterocycles. The van der Waals surface area contributed by atoms with Crippen LogP contribution in [0.3, 0.4) is 0 Å². The van der Waals surface area contributed by atoms with Crippen LogP contribution in [0.2, 0.25) is 0 Å². The lowest BCUT2D eigenvalue weighted by molar-refractivity contribution is -0.222. The van der Waals surface area contributed by atoms with Gasteiger partial charge in [0.1, 0.15) is 18.8 Å². The zero-order chi connectivity index (χ0) is 30.9. The van der Waals surface area contributed by atoms with E-state index in [1.165, 1.54) is 16.7 Å². The van der Waals surface area contributed by atoms with E-state index in [-0.39, 0.29) is 24.2 Å². The van der Waals surface area contributed by atoms with Crippen molar-refractivity contribution < 1.29 is 19.3 Å². The highest BCUT2D eigenvalue weighted by atomic mass is 16.6. The Balaban J connectivity index is 1.39. The Labute approximate surface area is 262 Å². The highest BCUT2D eigenvalue weighted by Crippen LogP contribution is 2.71. The Morgan fingerprint density at radius 1 is 1.00 bits per heavy atom. The third-order valence-electron chi connectivity index (χ3n) is 11.9. The van der Waals surface area contributed by atoms with E-state index in [4.69, 9.17) is 20.6 Å². The van der Waals surface area contributed by atoms with Crippen molar-refractivity contribution in [3.8, 4) is 23.8 Å². The summed E-state index contributed by atoms with van der Waals surface area (Å²) in [5, 5.41) is 12.3. The summed E-state index contributed by atoms with van der Waals surface area (Å²) in [5.74, 6) is 4.81. The number of hydrogen-bond donors (Lipinski definition) is 1. The number of nitrogens with zero attached hydrogens (tertiary/aromatic N) is 1. The van der Waals surface area contributed by atoms with E-state index in [9.17, 15) is 5.11 Å². The second kappa shape index (κ2) is 10.4. The normalized spacial score (nSPS) is 31.8. The van der Waals surface area contributed by atoms with Gasteiger partial charge in [-0.1, -0.05) is 93.4 Å². The Hall–Kier alpha value is -3.30. The fourth-order valence-electron chi connectivity index (χ4n) is 9.16. The minimum atomic E-state index is -1.05. The molecule has 1 spiro atoms. The van der Waals surface area contributed by atoms with Gasteiger partial charge in [0.25, 0.3) is 0 Å². The minimum absolute atomic E-state index is 0.0955. The second-order valence-electron chi connectivity index (χ2n) is 14.7. The van der Waals surface area contributed by atoms with Gasteiger partial charge in [-0.3, -0.25) is 4.90 Å². The molecule has 5 nitrogen and oxygen atoms in total. The maximum atomic E-state index is 12.3. The molecule has 1 unspecified atom stereocenters. The first-order chi connectivity index (χ1) is 21.1. The Morgan fingerprint density at radius 3 is 2.32 bits per heavy atom. The quantitative estimate of drug-likeness (QED) is 0.316. The molecular formula is C39H45NO4. The zero-order valence-corrected chi connectivity index (χ0v) is 26.7. The zero-order valence-electron chi connectivity index (χ0n) is 26.7. The molecule has 3 aromatic rings. The molecule has 1 saturated heterocycles. The molecule has 7 atom stereocenters. The standard InChI is InChI=1S/C39H45NO4/c1-7-38-23-29(37(5,41)36(2,3)4)33(42-6)35-39(38)20-21-40(24-26-14-10-8-11-15-26)31(38)22-28-18-19-30(34(44-35)32(28)39)43-25-27-16-12-9-13-17-27/h1,8-19,29,31,33,35,41H,20-25H2,2-6H3/t29-,31-,33?,35+,37+,38-,39+/m1/s1. The van der Waals surface area contributed by atoms with Crippen molar-refractivity contribution in [2.45, 2.75) is 89.4 Å². The number of likely N-dealkylation sites (tertiary alicyclic amines) is 1. The highest BCUT2D eigenvalue weighted by molar-refractivity contribution is 5.64. The largest absolute Gasteiger partial charge is 0.485 e. The van der Waals surface area contributed by atoms with Crippen LogP contribution in [0.25, 0.3) is 0 Å². The van der Waals surface area contributed by atoms with Crippen LogP contribution >= 0.6 is 0 Å². The topological polar surface area (TPSA) is 51.2 Å². The number of methoxy groups -OCH3 is 1. The maximum Gasteiger partial charge on any atom is 0.166 e. The maximum absolute atomic E-state index is 12.3. The van der Waals surface area contributed by atoms with Gasteiger partial charge < -0.3 is 19.3 Å². The molecule has 1 N–H and O–H groups in total. The molecule has 44 heavy (non-hydrogen) atoms. The summed E-state index contributed by atoms with van der Waals surface area (Å²) >= 11 is 0. The summed E-state index contributed by atoms with van der Waals surface area (Å²) in [5.41, 5.74) is 2.45. The van der Waals surface area contributed by atoms with E-state index in [1.54, 1.807) is 7.11 Å². The molecule has 0 amide bonds. The lowest BCUT2D eigenvalue weighted by atomic mass is 9.40. The summed E-state index contributed by atoms with van der Waals surface area (Å²) in [6.45, 7) is 10.5. The van der Waals surface area contributed by atoms with Crippen LogP contribution in [0.5, 0.6) is 11.5 Å². The average molecular weight is 592 g/mol. The van der Waals surface area contributed by atoms with Gasteiger partial charge in [0, 0.05) is 31.2 Å². The van der Waals surface area contributed by atoms with Gasteiger partial charge in [-0.05, 0) is 60.9 Å². The third kappa shape index (κ3) is 4.04. The molecule has 2 aliphatic heterocycles. The summed E-state index contributed by atoms with van der Waals surface area (Å²) in [6.07, 6.45) is 8.49. The van der Waals surface area contributed by atoms with Gasteiger partial charge in [0.2, 0.25) is 0 Å². The first-order valence-electron chi connectivity index (χ1n) is 16.1. The van der Waals surface area contributed by atoms with Gasteiger partial charge in [-0.25, -0.2) is 0 Å². The Kier molecular flexibility index (Phi) is 6.94. The van der Waals surface area contributed by atoms with Gasteiger partial charge in [-0.15, -0.1) is 6.42 Å². The summed E-state index contributed by atoms with van der Waals surface area (Å²) in [6, 6.07) is 25.3. The number of piperidine rings is 1. The predicted molar refractivity (Wildman–Crippen MR) is 173 cm³/mol. The summed E-state index contributed by atoms with van der Waals surface area (Å²) in [4.78, 5) is 2.61. The molecule has 1 saturated carbocycles. The predicted octanol–water partition coefficient (Wildman–Crippen LogP) is 6.55. The Bertz CT molecular complexity index is 1570. The molecule has 4 aliphatic rings. The van der Waals surface area contributed by atoms with Crippen molar-refractivity contribution in [3.05, 3.63) is 95.1 Å². The van der Waals surface area contributed by atoms with E-state index in [1.807, 2.05) is 25.1 Å². The Morgan fingerprint density at radius 2 is 1.68 bits per heavy atom. The van der Waals surface area contributed by atoms with Crippen LogP contribution in [0.15, 0.2) is 72.8 Å². The molecule has 230 valence electrons. The van der Waals surface area contributed by atoms with E-state index >= 15 is 0 Å². The van der Waals surface area contributed by atoms with E-state index < -0.39 is 21.8 Å². The van der Waals surface area contributed by atoms with Crippen LogP contribution < -0.4 is 9.47 Å². The fraction of sp³-hybridized carbons (Fsp3) is 0.487. The number of hydrogen-bond acceptors (Lipinski definition) is 5. The van der Waals surface area contributed by atoms with E-state index in [0.29, 0.717) is 13.0 Å². The average Bonchev–Trinajstić information content (AvgIpc) is 3.37. The molecule has 2 bridgehead atoms. The van der Waals surface area contributed by atoms with Gasteiger partial charge >= 0.3 is 0 Å². The molecule has 7 rings (SSSR count). The molecule has 2 fully saturated rings. The van der Waals surface area contributed by atoms with Crippen molar-refractivity contribution >= 4 is 0 Å². The van der Waals surface area contributed by atoms with Crippen molar-refractivity contribution in [1.29, 1.82) is 0 Å². The van der Waals surface area contributed by atoms with Gasteiger partial charge in [0.05, 0.1) is 16.4 Å².